The Labute approximate surface area is 161 Å². The second kappa shape index (κ2) is 10.7. The van der Waals surface area contributed by atoms with Crippen molar-refractivity contribution in [3.05, 3.63) is 59.7 Å². The first kappa shape index (κ1) is 22.9. The van der Waals surface area contributed by atoms with Crippen molar-refractivity contribution in [3.63, 3.8) is 0 Å². The molecular weight excluding hydrogens is 533 g/mol. The first-order valence-electron chi connectivity index (χ1n) is 7.65. The van der Waals surface area contributed by atoms with Gasteiger partial charge in [0.25, 0.3) is 0 Å². The van der Waals surface area contributed by atoms with E-state index in [9.17, 15) is 0 Å². The average Bonchev–Trinajstić information content (AvgIpc) is 3.07. The minimum absolute atomic E-state index is 0. The van der Waals surface area contributed by atoms with Crippen LogP contribution in [0.3, 0.4) is 0 Å². The summed E-state index contributed by atoms with van der Waals surface area (Å²) in [6, 6.07) is 16.4. The van der Waals surface area contributed by atoms with Gasteiger partial charge in [-0.05, 0) is 0 Å². The third-order valence-electron chi connectivity index (χ3n) is 2.49. The molecule has 0 radical (unpaired) electrons. The zero-order valence-corrected chi connectivity index (χ0v) is 21.8. The predicted octanol–water partition coefficient (Wildman–Crippen LogP) is 5.27. The Balaban J connectivity index is 0.000000403. The van der Waals surface area contributed by atoms with E-state index in [2.05, 4.69) is 73.6 Å². The van der Waals surface area contributed by atoms with Crippen LogP contribution in [0, 0.1) is 19.7 Å². The van der Waals surface area contributed by atoms with Crippen LogP contribution in [0.25, 0.3) is 0 Å². The van der Waals surface area contributed by atoms with E-state index in [1.165, 1.54) is 0 Å². The van der Waals surface area contributed by atoms with Gasteiger partial charge in [-0.3, -0.25) is 0 Å². The van der Waals surface area contributed by atoms with E-state index in [0.717, 1.165) is 11.1 Å². The van der Waals surface area contributed by atoms with Crippen LogP contribution < -0.4 is 0 Å². The van der Waals surface area contributed by atoms with E-state index < -0.39 is 36.8 Å². The first-order valence-corrected chi connectivity index (χ1v) is 27.6. The SMILES string of the molecule is [CH3][Sn]([CH3])([CH3])[C]#C[c-]1cccc1.[CH3][Sn]([CH3])([CH3])[C]#C[c-]1cccc1.[Fe+2]. The van der Waals surface area contributed by atoms with E-state index >= 15 is 0 Å². The van der Waals surface area contributed by atoms with Gasteiger partial charge in [0.2, 0.25) is 0 Å². The van der Waals surface area contributed by atoms with E-state index in [4.69, 9.17) is 0 Å². The Morgan fingerprint density at radius 3 is 1.04 bits per heavy atom. The summed E-state index contributed by atoms with van der Waals surface area (Å²) >= 11 is -3.66. The van der Waals surface area contributed by atoms with Crippen molar-refractivity contribution in [2.45, 2.75) is 29.6 Å². The van der Waals surface area contributed by atoms with Gasteiger partial charge in [0.05, 0.1) is 0 Å². The zero-order valence-electron chi connectivity index (χ0n) is 15.0. The third-order valence-corrected chi connectivity index (χ3v) is 7.48. The van der Waals surface area contributed by atoms with Crippen molar-refractivity contribution >= 4 is 36.8 Å². The Morgan fingerprint density at radius 1 is 0.565 bits per heavy atom. The summed E-state index contributed by atoms with van der Waals surface area (Å²) in [5.41, 5.74) is 2.33. The molecule has 0 fully saturated rings. The predicted molar refractivity (Wildman–Crippen MR) is 105 cm³/mol. The molecule has 0 unspecified atom stereocenters. The van der Waals surface area contributed by atoms with Gasteiger partial charge in [-0.2, -0.15) is 0 Å². The van der Waals surface area contributed by atoms with Gasteiger partial charge >= 0.3 is 163 Å². The van der Waals surface area contributed by atoms with E-state index in [1.807, 2.05) is 24.3 Å². The fraction of sp³-hybridized carbons (Fsp3) is 0.300. The Hall–Kier alpha value is -0.0631. The van der Waals surface area contributed by atoms with Gasteiger partial charge in [-0.25, -0.2) is 0 Å². The molecule has 3 heteroatoms. The maximum atomic E-state index is 3.38. The molecule has 0 aliphatic rings. The molecule has 0 aliphatic carbocycles. The summed E-state index contributed by atoms with van der Waals surface area (Å²) in [5, 5.41) is 0. The summed E-state index contributed by atoms with van der Waals surface area (Å²) in [4.78, 5) is 13.9. The molecule has 0 atom stereocenters. The summed E-state index contributed by atoms with van der Waals surface area (Å²) < 4.78 is 6.77. The molecule has 0 saturated carbocycles. The molecule has 0 nitrogen and oxygen atoms in total. The molecule has 0 bridgehead atoms. The van der Waals surface area contributed by atoms with Crippen molar-refractivity contribution in [1.82, 2.24) is 0 Å². The van der Waals surface area contributed by atoms with Crippen molar-refractivity contribution in [3.8, 4) is 19.7 Å². The minimum Gasteiger partial charge on any atom is 2.00 e. The molecule has 0 aliphatic heterocycles. The van der Waals surface area contributed by atoms with E-state index in [-0.39, 0.29) is 17.1 Å². The molecule has 122 valence electrons. The molecule has 2 aromatic rings. The van der Waals surface area contributed by atoms with Crippen molar-refractivity contribution in [1.29, 1.82) is 0 Å². The molecule has 0 spiro atoms. The summed E-state index contributed by atoms with van der Waals surface area (Å²) in [5.74, 6) is 6.42. The van der Waals surface area contributed by atoms with Gasteiger partial charge in [0.15, 0.2) is 0 Å². The molecular formula is C20H26FeSn2. The Bertz CT molecular complexity index is 596. The van der Waals surface area contributed by atoms with Crippen LogP contribution in [0.2, 0.25) is 29.6 Å². The van der Waals surface area contributed by atoms with Gasteiger partial charge in [-0.1, -0.05) is 0 Å². The second-order valence-electron chi connectivity index (χ2n) is 7.35. The zero-order chi connectivity index (χ0) is 16.6. The summed E-state index contributed by atoms with van der Waals surface area (Å²) in [6.07, 6.45) is 0. The van der Waals surface area contributed by atoms with Gasteiger partial charge in [0, 0.05) is 0 Å². The standard InChI is InChI=1S/2C7H4.6CH3.Fe.2Sn/c2*1-2-7-5-3-4-6-7;;;;;;;;;/h2*3-6H;6*1H3;;;/q2*-1;;;;;;;+2;;. The molecule has 2 rings (SSSR count). The van der Waals surface area contributed by atoms with Gasteiger partial charge < -0.3 is 0 Å². The number of rotatable bonds is 0. The quantitative estimate of drug-likeness (QED) is 0.235. The average molecular weight is 560 g/mol. The maximum absolute atomic E-state index is 3.38. The molecule has 23 heavy (non-hydrogen) atoms. The Kier molecular flexibility index (Phi) is 10.7. The van der Waals surface area contributed by atoms with Gasteiger partial charge in [0.1, 0.15) is 0 Å². The number of hydrogen-bond acceptors (Lipinski definition) is 0. The molecule has 0 amide bonds. The molecule has 0 aromatic heterocycles. The largest absolute Gasteiger partial charge is 2.00 e. The molecule has 0 N–H and O–H groups in total. The second-order valence-corrected chi connectivity index (χ2v) is 34.5. The van der Waals surface area contributed by atoms with Crippen LogP contribution in [0.4, 0.5) is 0 Å². The first-order chi connectivity index (χ1) is 10.2. The minimum atomic E-state index is -1.83. The summed E-state index contributed by atoms with van der Waals surface area (Å²) in [7, 11) is 0. The fourth-order valence-electron chi connectivity index (χ4n) is 1.43. The van der Waals surface area contributed by atoms with Crippen LogP contribution in [0.15, 0.2) is 48.5 Å². The Morgan fingerprint density at radius 2 is 0.826 bits per heavy atom. The monoisotopic (exact) mass is 562 g/mol. The molecule has 0 saturated heterocycles. The van der Waals surface area contributed by atoms with E-state index in [0.29, 0.717) is 0 Å². The normalized spacial score (nSPS) is 10.0. The van der Waals surface area contributed by atoms with Crippen molar-refractivity contribution in [2.24, 2.45) is 0 Å². The smallest absolute Gasteiger partial charge is 2.00 e. The van der Waals surface area contributed by atoms with Crippen LogP contribution in [-0.4, -0.2) is 36.8 Å². The van der Waals surface area contributed by atoms with Crippen LogP contribution in [-0.2, 0) is 17.1 Å². The van der Waals surface area contributed by atoms with Gasteiger partial charge in [-0.15, -0.1) is 0 Å². The molecule has 0 heterocycles. The third kappa shape index (κ3) is 13.0. The van der Waals surface area contributed by atoms with Crippen LogP contribution in [0.1, 0.15) is 11.1 Å². The maximum Gasteiger partial charge on any atom is 2.00 e. The van der Waals surface area contributed by atoms with Crippen LogP contribution in [0.5, 0.6) is 0 Å². The van der Waals surface area contributed by atoms with E-state index in [1.54, 1.807) is 0 Å². The summed E-state index contributed by atoms with van der Waals surface area (Å²) in [6.45, 7) is 0. The van der Waals surface area contributed by atoms with Crippen molar-refractivity contribution in [2.75, 3.05) is 0 Å². The topological polar surface area (TPSA) is 0 Å². The van der Waals surface area contributed by atoms with Crippen molar-refractivity contribution < 1.29 is 17.1 Å². The van der Waals surface area contributed by atoms with Crippen LogP contribution >= 0.6 is 0 Å². The number of hydrogen-bond donors (Lipinski definition) is 0. The fourth-order valence-corrected chi connectivity index (χ4v) is 4.40. The molecule has 2 aromatic carbocycles.